The van der Waals surface area contributed by atoms with Gasteiger partial charge in [0.2, 0.25) is 0 Å². The Bertz CT molecular complexity index is 676. The summed E-state index contributed by atoms with van der Waals surface area (Å²) in [5.74, 6) is 0.339. The van der Waals surface area contributed by atoms with E-state index in [-0.39, 0.29) is 12.1 Å². The monoisotopic (exact) mass is 354 g/mol. The number of para-hydroxylation sites is 1. The van der Waals surface area contributed by atoms with E-state index in [1.165, 1.54) is 0 Å². The molecule has 0 aliphatic carbocycles. The first kappa shape index (κ1) is 20.2. The molecule has 3 heteroatoms. The minimum absolute atomic E-state index is 0.0291. The van der Waals surface area contributed by atoms with Crippen molar-refractivity contribution in [3.63, 3.8) is 0 Å². The molecule has 0 aromatic heterocycles. The molecule has 1 unspecified atom stereocenters. The number of hydrogen-bond acceptors (Lipinski definition) is 3. The van der Waals surface area contributed by atoms with Crippen LogP contribution in [0, 0.1) is 0 Å². The largest absolute Gasteiger partial charge is 0.423 e. The first-order valence-electron chi connectivity index (χ1n) is 9.67. The lowest BCUT2D eigenvalue weighted by atomic mass is 10.1. The number of rotatable bonds is 10. The highest BCUT2D eigenvalue weighted by Crippen LogP contribution is 2.22. The first-order chi connectivity index (χ1) is 12.7. The summed E-state index contributed by atoms with van der Waals surface area (Å²) >= 11 is 0. The molecule has 0 spiro atoms. The van der Waals surface area contributed by atoms with E-state index in [0.717, 1.165) is 49.8 Å². The average Bonchev–Trinajstić information content (AvgIpc) is 2.67. The minimum atomic E-state index is -0.319. The molecule has 0 amide bonds. The van der Waals surface area contributed by atoms with E-state index in [2.05, 4.69) is 13.8 Å². The van der Waals surface area contributed by atoms with Crippen LogP contribution < -0.4 is 4.74 Å². The van der Waals surface area contributed by atoms with Crippen molar-refractivity contribution in [3.8, 4) is 5.75 Å². The molecular formula is C23H30O3. The summed E-state index contributed by atoms with van der Waals surface area (Å²) < 4.78 is 11.4. The van der Waals surface area contributed by atoms with Crippen molar-refractivity contribution in [2.24, 2.45) is 0 Å². The van der Waals surface area contributed by atoms with Crippen molar-refractivity contribution < 1.29 is 14.3 Å². The van der Waals surface area contributed by atoms with E-state index in [1.807, 2.05) is 55.5 Å². The lowest BCUT2D eigenvalue weighted by Gasteiger charge is -2.14. The standard InChI is InChI=1S/C23H30O3/c1-4-6-10-20-11-8-9-12-22(20)26-23(24)21-15-13-19(14-16-21)18(3)25-17-7-5-2/h8-9,11-16,18H,4-7,10,17H2,1-3H3. The molecule has 2 aromatic carbocycles. The van der Waals surface area contributed by atoms with E-state index in [1.54, 1.807) is 0 Å². The Morgan fingerprint density at radius 3 is 2.35 bits per heavy atom. The maximum atomic E-state index is 12.5. The molecule has 3 nitrogen and oxygen atoms in total. The van der Waals surface area contributed by atoms with E-state index < -0.39 is 0 Å². The molecule has 0 heterocycles. The number of unbranched alkanes of at least 4 members (excludes halogenated alkanes) is 2. The summed E-state index contributed by atoms with van der Waals surface area (Å²) in [6.07, 6.45) is 5.33. The molecule has 140 valence electrons. The highest BCUT2D eigenvalue weighted by atomic mass is 16.5. The van der Waals surface area contributed by atoms with Crippen molar-refractivity contribution in [1.29, 1.82) is 0 Å². The maximum Gasteiger partial charge on any atom is 0.343 e. The van der Waals surface area contributed by atoms with E-state index in [4.69, 9.17) is 9.47 Å². The van der Waals surface area contributed by atoms with E-state index in [0.29, 0.717) is 11.3 Å². The highest BCUT2D eigenvalue weighted by molar-refractivity contribution is 5.91. The van der Waals surface area contributed by atoms with Gasteiger partial charge in [0.05, 0.1) is 11.7 Å². The highest BCUT2D eigenvalue weighted by Gasteiger charge is 2.13. The van der Waals surface area contributed by atoms with Crippen molar-refractivity contribution in [1.82, 2.24) is 0 Å². The van der Waals surface area contributed by atoms with Crippen LogP contribution in [0.5, 0.6) is 5.75 Å². The van der Waals surface area contributed by atoms with Crippen LogP contribution in [-0.4, -0.2) is 12.6 Å². The van der Waals surface area contributed by atoms with Gasteiger partial charge in [0.1, 0.15) is 5.75 Å². The molecular weight excluding hydrogens is 324 g/mol. The van der Waals surface area contributed by atoms with Gasteiger partial charge in [-0.05, 0) is 55.5 Å². The summed E-state index contributed by atoms with van der Waals surface area (Å²) in [4.78, 5) is 12.5. The van der Waals surface area contributed by atoms with Crippen LogP contribution in [0.25, 0.3) is 0 Å². The Kier molecular flexibility index (Phi) is 8.36. The van der Waals surface area contributed by atoms with Gasteiger partial charge in [0, 0.05) is 6.61 Å². The number of carbonyl (C=O) groups excluding carboxylic acids is 1. The van der Waals surface area contributed by atoms with Gasteiger partial charge in [-0.3, -0.25) is 0 Å². The quantitative estimate of drug-likeness (QED) is 0.293. The Labute approximate surface area is 157 Å². The molecule has 0 aliphatic rings. The average molecular weight is 354 g/mol. The smallest absolute Gasteiger partial charge is 0.343 e. The Balaban J connectivity index is 2.00. The third kappa shape index (κ3) is 5.99. The number of hydrogen-bond donors (Lipinski definition) is 0. The molecule has 26 heavy (non-hydrogen) atoms. The van der Waals surface area contributed by atoms with Crippen LogP contribution in [0.4, 0.5) is 0 Å². The summed E-state index contributed by atoms with van der Waals surface area (Å²) in [5, 5.41) is 0. The molecule has 0 bridgehead atoms. The lowest BCUT2D eigenvalue weighted by Crippen LogP contribution is -2.10. The molecule has 0 saturated heterocycles. The van der Waals surface area contributed by atoms with Gasteiger partial charge in [-0.15, -0.1) is 0 Å². The fraction of sp³-hybridized carbons (Fsp3) is 0.435. The molecule has 2 rings (SSSR count). The summed E-state index contributed by atoms with van der Waals surface area (Å²) in [6, 6.07) is 15.3. The summed E-state index contributed by atoms with van der Waals surface area (Å²) in [6.45, 7) is 7.10. The first-order valence-corrected chi connectivity index (χ1v) is 9.67. The second-order valence-corrected chi connectivity index (χ2v) is 6.59. The van der Waals surface area contributed by atoms with E-state index in [9.17, 15) is 4.79 Å². The minimum Gasteiger partial charge on any atom is -0.423 e. The Morgan fingerprint density at radius 2 is 1.65 bits per heavy atom. The second kappa shape index (κ2) is 10.8. The Hall–Kier alpha value is -2.13. The number of esters is 1. The van der Waals surface area contributed by atoms with Gasteiger partial charge >= 0.3 is 5.97 Å². The van der Waals surface area contributed by atoms with Crippen LogP contribution in [-0.2, 0) is 11.2 Å². The van der Waals surface area contributed by atoms with Gasteiger partial charge in [0.25, 0.3) is 0 Å². The topological polar surface area (TPSA) is 35.5 Å². The molecule has 0 saturated carbocycles. The van der Waals surface area contributed by atoms with Gasteiger partial charge in [-0.25, -0.2) is 4.79 Å². The van der Waals surface area contributed by atoms with Crippen molar-refractivity contribution in [2.75, 3.05) is 6.61 Å². The van der Waals surface area contributed by atoms with Gasteiger partial charge in [-0.2, -0.15) is 0 Å². The molecule has 0 fully saturated rings. The third-order valence-electron chi connectivity index (χ3n) is 4.46. The number of aryl methyl sites for hydroxylation is 1. The van der Waals surface area contributed by atoms with Crippen molar-refractivity contribution >= 4 is 5.97 Å². The van der Waals surface area contributed by atoms with Gasteiger partial charge < -0.3 is 9.47 Å². The van der Waals surface area contributed by atoms with Crippen LogP contribution in [0.1, 0.15) is 74.0 Å². The second-order valence-electron chi connectivity index (χ2n) is 6.59. The summed E-state index contributed by atoms with van der Waals surface area (Å²) in [5.41, 5.74) is 2.71. The lowest BCUT2D eigenvalue weighted by molar-refractivity contribution is 0.0635. The van der Waals surface area contributed by atoms with Crippen LogP contribution in [0.15, 0.2) is 48.5 Å². The SMILES string of the molecule is CCCCOC(C)c1ccc(C(=O)Oc2ccccc2CCCC)cc1. The normalized spacial score (nSPS) is 12.0. The van der Waals surface area contributed by atoms with Crippen LogP contribution in [0.2, 0.25) is 0 Å². The fourth-order valence-electron chi connectivity index (χ4n) is 2.73. The number of benzene rings is 2. The predicted molar refractivity (Wildman–Crippen MR) is 106 cm³/mol. The number of carbonyl (C=O) groups is 1. The van der Waals surface area contributed by atoms with Crippen molar-refractivity contribution in [2.45, 2.75) is 59.0 Å². The van der Waals surface area contributed by atoms with Crippen molar-refractivity contribution in [3.05, 3.63) is 65.2 Å². The van der Waals surface area contributed by atoms with Crippen LogP contribution >= 0.6 is 0 Å². The zero-order valence-electron chi connectivity index (χ0n) is 16.2. The van der Waals surface area contributed by atoms with E-state index >= 15 is 0 Å². The maximum absolute atomic E-state index is 12.5. The van der Waals surface area contributed by atoms with Gasteiger partial charge in [0.15, 0.2) is 0 Å². The zero-order chi connectivity index (χ0) is 18.8. The zero-order valence-corrected chi connectivity index (χ0v) is 16.2. The fourth-order valence-corrected chi connectivity index (χ4v) is 2.73. The van der Waals surface area contributed by atoms with Crippen LogP contribution in [0.3, 0.4) is 0 Å². The molecule has 0 radical (unpaired) electrons. The predicted octanol–water partition coefficient (Wildman–Crippen LogP) is 6.13. The molecule has 2 aromatic rings. The molecule has 1 atom stereocenters. The number of ether oxygens (including phenoxy) is 2. The summed E-state index contributed by atoms with van der Waals surface area (Å²) in [7, 11) is 0. The van der Waals surface area contributed by atoms with Gasteiger partial charge in [-0.1, -0.05) is 57.0 Å². The Morgan fingerprint density at radius 1 is 0.962 bits per heavy atom. The molecule has 0 aliphatic heterocycles. The third-order valence-corrected chi connectivity index (χ3v) is 4.46. The molecule has 0 N–H and O–H groups in total.